The monoisotopic (exact) mass is 382 g/mol. The first-order chi connectivity index (χ1) is 13.2. The molecule has 1 amide bonds. The van der Waals surface area contributed by atoms with Crippen LogP contribution in [0.2, 0.25) is 5.02 Å². The molecule has 5 nitrogen and oxygen atoms in total. The highest BCUT2D eigenvalue weighted by molar-refractivity contribution is 6.30. The van der Waals surface area contributed by atoms with Crippen LogP contribution in [0.5, 0.6) is 0 Å². The van der Waals surface area contributed by atoms with Gasteiger partial charge in [-0.1, -0.05) is 54.1 Å². The van der Waals surface area contributed by atoms with Crippen LogP contribution in [-0.2, 0) is 4.79 Å². The summed E-state index contributed by atoms with van der Waals surface area (Å²) >= 11 is 6.01. The van der Waals surface area contributed by atoms with E-state index in [2.05, 4.69) is 10.9 Å². The number of nitrogens with one attached hydrogen (secondary N) is 2. The molecule has 4 N–H and O–H groups in total. The molecule has 2 aliphatic heterocycles. The van der Waals surface area contributed by atoms with E-state index in [1.54, 1.807) is 0 Å². The van der Waals surface area contributed by atoms with Crippen molar-refractivity contribution in [2.45, 2.75) is 18.4 Å². The van der Waals surface area contributed by atoms with Crippen molar-refractivity contribution in [1.29, 1.82) is 0 Å². The van der Waals surface area contributed by atoms with Gasteiger partial charge in [-0.05, 0) is 41.8 Å². The van der Waals surface area contributed by atoms with Crippen molar-refractivity contribution in [3.63, 3.8) is 0 Å². The molecule has 0 saturated heterocycles. The van der Waals surface area contributed by atoms with Gasteiger partial charge in [-0.25, -0.2) is 5.43 Å². The van der Waals surface area contributed by atoms with Crippen molar-refractivity contribution in [2.24, 2.45) is 5.73 Å². The van der Waals surface area contributed by atoms with Crippen LogP contribution in [0.3, 0.4) is 0 Å². The van der Waals surface area contributed by atoms with Crippen LogP contribution in [0.1, 0.15) is 29.5 Å². The fourth-order valence-electron chi connectivity index (χ4n) is 3.88. The minimum atomic E-state index is -0.196. The van der Waals surface area contributed by atoms with Gasteiger partial charge in [-0.15, -0.1) is 0 Å². The fourth-order valence-corrected chi connectivity index (χ4v) is 4.01. The van der Waals surface area contributed by atoms with Gasteiger partial charge in [0.1, 0.15) is 0 Å². The third-order valence-corrected chi connectivity index (χ3v) is 5.54. The van der Waals surface area contributed by atoms with Gasteiger partial charge in [-0.3, -0.25) is 4.79 Å². The Labute approximate surface area is 164 Å². The zero-order valence-electron chi connectivity index (χ0n) is 15.0. The Morgan fingerprint density at radius 2 is 1.89 bits per heavy atom. The molecule has 0 aliphatic carbocycles. The normalized spacial score (nSPS) is 19.8. The molecule has 2 aliphatic rings. The second-order valence-corrected chi connectivity index (χ2v) is 7.43. The van der Waals surface area contributed by atoms with Gasteiger partial charge in [-0.2, -0.15) is 0 Å². The number of nitrogens with zero attached hydrogens (tertiary/aromatic N) is 1. The topological polar surface area (TPSA) is 70.4 Å². The van der Waals surface area contributed by atoms with Crippen molar-refractivity contribution in [2.75, 3.05) is 19.6 Å². The molecule has 27 heavy (non-hydrogen) atoms. The van der Waals surface area contributed by atoms with Crippen molar-refractivity contribution >= 4 is 17.5 Å². The number of hydrogen-bond acceptors (Lipinski definition) is 4. The summed E-state index contributed by atoms with van der Waals surface area (Å²) in [5, 5.41) is 0.717. The highest BCUT2D eigenvalue weighted by Crippen LogP contribution is 2.34. The lowest BCUT2D eigenvalue weighted by atomic mass is 9.94. The van der Waals surface area contributed by atoms with Gasteiger partial charge in [0.15, 0.2) is 0 Å². The highest BCUT2D eigenvalue weighted by atomic mass is 35.5. The van der Waals surface area contributed by atoms with Gasteiger partial charge >= 0.3 is 0 Å². The molecule has 0 spiro atoms. The predicted octanol–water partition coefficient (Wildman–Crippen LogP) is 2.72. The zero-order chi connectivity index (χ0) is 18.8. The zero-order valence-corrected chi connectivity index (χ0v) is 15.7. The number of hydrogen-bond donors (Lipinski definition) is 3. The second-order valence-electron chi connectivity index (χ2n) is 6.99. The van der Waals surface area contributed by atoms with Crippen LogP contribution in [-0.4, -0.2) is 30.4 Å². The summed E-state index contributed by atoms with van der Waals surface area (Å²) in [6.45, 7) is 1.70. The Hall–Kier alpha value is -2.34. The van der Waals surface area contributed by atoms with E-state index in [1.807, 2.05) is 59.5 Å². The van der Waals surface area contributed by atoms with Crippen LogP contribution < -0.4 is 16.6 Å². The van der Waals surface area contributed by atoms with E-state index in [0.29, 0.717) is 26.1 Å². The summed E-state index contributed by atoms with van der Waals surface area (Å²) < 4.78 is 0. The molecule has 0 aromatic heterocycles. The van der Waals surface area contributed by atoms with Crippen LogP contribution in [0.15, 0.2) is 65.9 Å². The maximum atomic E-state index is 13.2. The van der Waals surface area contributed by atoms with Crippen LogP contribution >= 0.6 is 11.6 Å². The molecule has 0 bridgehead atoms. The van der Waals surface area contributed by atoms with E-state index in [4.69, 9.17) is 17.3 Å². The third kappa shape index (κ3) is 3.58. The molecule has 2 atom stereocenters. The van der Waals surface area contributed by atoms with Crippen molar-refractivity contribution in [1.82, 2.24) is 15.8 Å². The molecule has 0 saturated carbocycles. The van der Waals surface area contributed by atoms with E-state index in [1.165, 1.54) is 5.57 Å². The first-order valence-electron chi connectivity index (χ1n) is 9.20. The van der Waals surface area contributed by atoms with Crippen LogP contribution in [0, 0.1) is 0 Å². The first-order valence-corrected chi connectivity index (χ1v) is 9.58. The average molecular weight is 383 g/mol. The Morgan fingerprint density at radius 1 is 1.15 bits per heavy atom. The molecule has 2 aromatic rings. The molecule has 0 radical (unpaired) electrons. The molecular formula is C21H23ClN4O. The average Bonchev–Trinajstić information content (AvgIpc) is 3.28. The number of nitrogens with two attached hydrogens (primary N) is 1. The maximum Gasteiger partial charge on any atom is 0.230 e. The number of halogens is 1. The van der Waals surface area contributed by atoms with Crippen molar-refractivity contribution < 1.29 is 4.79 Å². The summed E-state index contributed by atoms with van der Waals surface area (Å²) in [6.07, 6.45) is 0.649. The fraction of sp³-hybridized carbons (Fsp3) is 0.286. The molecular weight excluding hydrogens is 360 g/mol. The van der Waals surface area contributed by atoms with Gasteiger partial charge in [0, 0.05) is 17.3 Å². The SMILES string of the molecule is NCCC(C(=O)N1CC2=C(C1)C(c1ccc(Cl)cc1)NN2)c1ccccc1. The number of rotatable bonds is 5. The predicted molar refractivity (Wildman–Crippen MR) is 107 cm³/mol. The first kappa shape index (κ1) is 18.0. The van der Waals surface area contributed by atoms with Gasteiger partial charge in [0.25, 0.3) is 0 Å². The lowest BCUT2D eigenvalue weighted by Crippen LogP contribution is -2.40. The Kier molecular flexibility index (Phi) is 5.16. The molecule has 2 heterocycles. The van der Waals surface area contributed by atoms with E-state index >= 15 is 0 Å². The van der Waals surface area contributed by atoms with Gasteiger partial charge < -0.3 is 16.1 Å². The van der Waals surface area contributed by atoms with E-state index in [0.717, 1.165) is 21.8 Å². The minimum Gasteiger partial charge on any atom is -0.332 e. The number of amides is 1. The number of carbonyl (C=O) groups excluding carboxylic acids is 1. The lowest BCUT2D eigenvalue weighted by molar-refractivity contribution is -0.131. The van der Waals surface area contributed by atoms with Crippen LogP contribution in [0.25, 0.3) is 0 Å². The molecule has 2 unspecified atom stereocenters. The molecule has 6 heteroatoms. The smallest absolute Gasteiger partial charge is 0.230 e. The maximum absolute atomic E-state index is 13.2. The van der Waals surface area contributed by atoms with Crippen molar-refractivity contribution in [3.05, 3.63) is 82.0 Å². The van der Waals surface area contributed by atoms with E-state index in [9.17, 15) is 4.79 Å². The summed E-state index contributed by atoms with van der Waals surface area (Å²) in [5.74, 6) is -0.0594. The van der Waals surface area contributed by atoms with Gasteiger partial charge in [0.05, 0.1) is 18.5 Å². The van der Waals surface area contributed by atoms with Crippen molar-refractivity contribution in [3.8, 4) is 0 Å². The van der Waals surface area contributed by atoms with E-state index < -0.39 is 0 Å². The molecule has 4 rings (SSSR count). The standard InChI is InChI=1S/C21H23ClN4O/c22-16-8-6-15(7-9-16)20-18-12-26(13-19(18)24-25-20)21(27)17(10-11-23)14-4-2-1-3-5-14/h1-9,17,20,24-25H,10-13,23H2. The van der Waals surface area contributed by atoms with Crippen LogP contribution in [0.4, 0.5) is 0 Å². The summed E-state index contributed by atoms with van der Waals surface area (Å²) in [6, 6.07) is 17.8. The number of carbonyl (C=O) groups is 1. The third-order valence-electron chi connectivity index (χ3n) is 5.28. The molecule has 2 aromatic carbocycles. The number of benzene rings is 2. The summed E-state index contributed by atoms with van der Waals surface area (Å²) in [5.41, 5.74) is 16.8. The Bertz CT molecular complexity index is 850. The van der Waals surface area contributed by atoms with Gasteiger partial charge in [0.2, 0.25) is 5.91 Å². The minimum absolute atomic E-state index is 0.0553. The Balaban J connectivity index is 1.51. The number of hydrazine groups is 1. The Morgan fingerprint density at radius 3 is 2.59 bits per heavy atom. The van der Waals surface area contributed by atoms with E-state index in [-0.39, 0.29) is 17.9 Å². The lowest BCUT2D eigenvalue weighted by Gasteiger charge is -2.26. The summed E-state index contributed by atoms with van der Waals surface area (Å²) in [7, 11) is 0. The highest BCUT2D eigenvalue weighted by Gasteiger charge is 2.37. The second kappa shape index (κ2) is 7.72. The molecule has 0 fully saturated rings. The largest absolute Gasteiger partial charge is 0.332 e. The molecule has 140 valence electrons. The summed E-state index contributed by atoms with van der Waals surface area (Å²) in [4.78, 5) is 15.2. The quantitative estimate of drug-likeness (QED) is 0.743.